The fourth-order valence-electron chi connectivity index (χ4n) is 17.4. The van der Waals surface area contributed by atoms with Crippen LogP contribution in [0.15, 0.2) is 383 Å². The summed E-state index contributed by atoms with van der Waals surface area (Å²) in [6, 6.07) is 127. The highest BCUT2D eigenvalue weighted by Crippen LogP contribution is 2.43. The largest absolute Gasteiger partial charge is 0.309 e. The second-order valence-electron chi connectivity index (χ2n) is 29.3. The highest BCUT2D eigenvalue weighted by atomic mass is 15.2. The maximum atomic E-state index is 5.13. The summed E-state index contributed by atoms with van der Waals surface area (Å²) < 4.78 is 9.09. The van der Waals surface area contributed by atoms with Crippen molar-refractivity contribution in [1.29, 1.82) is 0 Å². The summed E-state index contributed by atoms with van der Waals surface area (Å²) >= 11 is 0. The van der Waals surface area contributed by atoms with Gasteiger partial charge in [0, 0.05) is 79.3 Å². The van der Waals surface area contributed by atoms with Gasteiger partial charge in [-0.25, -0.2) is 15.0 Å². The highest BCUT2D eigenvalue weighted by molar-refractivity contribution is 6.16. The van der Waals surface area contributed by atoms with Crippen LogP contribution in [0.3, 0.4) is 0 Å². The zero-order chi connectivity index (χ0) is 76.3. The van der Waals surface area contributed by atoms with Gasteiger partial charge in [-0.1, -0.05) is 206 Å². The third-order valence-electron chi connectivity index (χ3n) is 22.7. The van der Waals surface area contributed by atoms with Crippen molar-refractivity contribution in [3.05, 3.63) is 383 Å². The molecule has 24 rings (SSSR count). The van der Waals surface area contributed by atoms with Crippen LogP contribution < -0.4 is 0 Å². The minimum absolute atomic E-state index is 0.485. The lowest BCUT2D eigenvalue weighted by molar-refractivity contribution is 0.943. The first-order chi connectivity index (χ1) is 57.5. The molecule has 0 bridgehead atoms. The predicted octanol–water partition coefficient (Wildman–Crippen LogP) is 24.9. The lowest BCUT2D eigenvalue weighted by Gasteiger charge is -2.11. The summed E-state index contributed by atoms with van der Waals surface area (Å²) in [6.07, 6.45) is 7.09. The van der Waals surface area contributed by atoms with Crippen molar-refractivity contribution >= 4 is 130 Å². The molecular formula is C103H63N13. The second kappa shape index (κ2) is 26.9. The van der Waals surface area contributed by atoms with Crippen molar-refractivity contribution < 1.29 is 0 Å². The molecule has 0 aliphatic heterocycles. The van der Waals surface area contributed by atoms with Crippen LogP contribution in [0.4, 0.5) is 0 Å². The Morgan fingerprint density at radius 3 is 0.905 bits per heavy atom. The molecule has 0 amide bonds. The van der Waals surface area contributed by atoms with Crippen LogP contribution in [0.5, 0.6) is 0 Å². The Balaban J connectivity index is 0.000000137. The molecule has 116 heavy (non-hydrogen) atoms. The Morgan fingerprint density at radius 1 is 0.164 bits per heavy atom. The van der Waals surface area contributed by atoms with Gasteiger partial charge in [0.05, 0.1) is 66.9 Å². The van der Waals surface area contributed by atoms with Crippen molar-refractivity contribution in [2.45, 2.75) is 0 Å². The van der Waals surface area contributed by atoms with E-state index in [9.17, 15) is 0 Å². The quantitative estimate of drug-likeness (QED) is 0.123. The molecule has 0 radical (unpaired) electrons. The lowest BCUT2D eigenvalue weighted by atomic mass is 10.0. The normalized spacial score (nSPS) is 11.8. The van der Waals surface area contributed by atoms with Crippen LogP contribution in [0.25, 0.3) is 222 Å². The van der Waals surface area contributed by atoms with Gasteiger partial charge < -0.3 is 9.13 Å². The fourth-order valence-corrected chi connectivity index (χ4v) is 17.4. The standard InChI is InChI=1S/C52H32N6.C51H31N7/c1-2-12-38-33(11-1)19-20-36-29-37(23-24-39(36)38)57-48-17-5-3-13-40(48)42-30-34(21-25-50(42)57)35-22-26-51-43(31-35)41-14-4-6-18-49(41)58(51)52-55-46(44-15-7-9-27-53-44)32-47(56-52)45-16-8-10-28-54-45;1-2-12-37-32(11-1)19-20-33-21-24-36(31-40(33)37)57-45-17-5-3-13-38(45)41-29-34(22-25-47(41)57)35-23-26-48-42(30-35)39-14-4-6-18-46(39)58(48)51-55-49(43-15-7-9-27-52-43)54-50(56-51)44-16-8-10-28-53-44/h1-32H;1-31H. The van der Waals surface area contributed by atoms with Crippen molar-refractivity contribution in [2.24, 2.45) is 0 Å². The molecule has 13 heteroatoms. The van der Waals surface area contributed by atoms with Crippen LogP contribution in [-0.4, -0.2) is 63.1 Å². The van der Waals surface area contributed by atoms with Crippen LogP contribution in [0, 0.1) is 0 Å². The maximum Gasteiger partial charge on any atom is 0.238 e. The monoisotopic (exact) mass is 1480 g/mol. The number of rotatable bonds is 10. The van der Waals surface area contributed by atoms with E-state index >= 15 is 0 Å². The van der Waals surface area contributed by atoms with Gasteiger partial charge in [0.15, 0.2) is 11.6 Å². The van der Waals surface area contributed by atoms with Gasteiger partial charge in [0.1, 0.15) is 11.4 Å². The Morgan fingerprint density at radius 2 is 0.474 bits per heavy atom. The SMILES string of the molecule is c1ccc(-c2cc(-c3ccccn3)nc(-n3c4ccccc4c4cc(-c5ccc6c(c5)c5ccccc5n6-c5ccc6c(ccc7ccccc76)c5)ccc43)n2)nc1.c1ccc(-c2nc(-c3ccccn3)nc(-n3c4ccccc4c4cc(-c5ccc6c(c5)c5ccccc5n6-c5ccc6ccc7ccccc7c6c5)ccc43)n2)nc1. The number of pyridine rings is 4. The van der Waals surface area contributed by atoms with Crippen LogP contribution >= 0.6 is 0 Å². The van der Waals surface area contributed by atoms with E-state index in [1.807, 2.05) is 78.9 Å². The molecule has 0 fully saturated rings. The molecule has 10 aromatic heterocycles. The first kappa shape index (κ1) is 65.9. The van der Waals surface area contributed by atoms with E-state index in [1.54, 1.807) is 24.8 Å². The maximum absolute atomic E-state index is 5.13. The number of aromatic nitrogens is 13. The molecule has 13 nitrogen and oxygen atoms in total. The molecule has 540 valence electrons. The van der Waals surface area contributed by atoms with Crippen LogP contribution in [0.1, 0.15) is 0 Å². The zero-order valence-corrected chi connectivity index (χ0v) is 62.2. The molecule has 0 aliphatic rings. The molecule has 0 N–H and O–H groups in total. The minimum Gasteiger partial charge on any atom is -0.309 e. The van der Waals surface area contributed by atoms with Gasteiger partial charge in [0.25, 0.3) is 0 Å². The molecule has 0 aliphatic carbocycles. The Labute approximate surface area is 663 Å². The molecule has 0 spiro atoms. The first-order valence-corrected chi connectivity index (χ1v) is 38.8. The zero-order valence-electron chi connectivity index (χ0n) is 62.2. The summed E-state index contributed by atoms with van der Waals surface area (Å²) in [5, 5.41) is 19.4. The van der Waals surface area contributed by atoms with E-state index in [0.29, 0.717) is 34.9 Å². The van der Waals surface area contributed by atoms with Gasteiger partial charge in [-0.15, -0.1) is 0 Å². The average Bonchev–Trinajstić information content (AvgIpc) is 1.61. The van der Waals surface area contributed by atoms with Gasteiger partial charge in [0.2, 0.25) is 11.9 Å². The van der Waals surface area contributed by atoms with Crippen LogP contribution in [0.2, 0.25) is 0 Å². The molecule has 10 heterocycles. The smallest absolute Gasteiger partial charge is 0.238 e. The van der Waals surface area contributed by atoms with E-state index in [-0.39, 0.29) is 0 Å². The predicted molar refractivity (Wildman–Crippen MR) is 473 cm³/mol. The number of nitrogens with zero attached hydrogens (tertiary/aromatic N) is 13. The summed E-state index contributed by atoms with van der Waals surface area (Å²) in [5.41, 5.74) is 20.0. The lowest BCUT2D eigenvalue weighted by Crippen LogP contribution is -2.07. The molecule has 0 atom stereocenters. The van der Waals surface area contributed by atoms with Gasteiger partial charge in [-0.05, 0) is 217 Å². The number of fused-ring (bicyclic) bond motifs is 18. The Kier molecular flexibility index (Phi) is 15.3. The van der Waals surface area contributed by atoms with E-state index in [4.69, 9.17) is 24.9 Å². The number of para-hydroxylation sites is 4. The van der Waals surface area contributed by atoms with E-state index in [1.165, 1.54) is 86.7 Å². The summed E-state index contributed by atoms with van der Waals surface area (Å²) in [4.78, 5) is 43.6. The van der Waals surface area contributed by atoms with Gasteiger partial charge in [-0.2, -0.15) is 9.97 Å². The van der Waals surface area contributed by atoms with Crippen molar-refractivity contribution in [3.63, 3.8) is 0 Å². The van der Waals surface area contributed by atoms with Crippen molar-refractivity contribution in [1.82, 2.24) is 63.1 Å². The molecule has 14 aromatic carbocycles. The topological polar surface area (TPSA) is 136 Å². The first-order valence-electron chi connectivity index (χ1n) is 38.8. The van der Waals surface area contributed by atoms with Crippen molar-refractivity contribution in [3.8, 4) is 91.3 Å². The molecule has 0 unspecified atom stereocenters. The number of benzene rings is 14. The number of hydrogen-bond donors (Lipinski definition) is 0. The Hall–Kier alpha value is -16.0. The molecular weight excluding hydrogens is 1420 g/mol. The van der Waals surface area contributed by atoms with Gasteiger partial charge >= 0.3 is 0 Å². The third-order valence-corrected chi connectivity index (χ3v) is 22.7. The number of hydrogen-bond acceptors (Lipinski definition) is 9. The summed E-state index contributed by atoms with van der Waals surface area (Å²) in [5.74, 6) is 2.04. The van der Waals surface area contributed by atoms with Crippen molar-refractivity contribution in [2.75, 3.05) is 0 Å². The third kappa shape index (κ3) is 11.0. The van der Waals surface area contributed by atoms with E-state index < -0.39 is 0 Å². The van der Waals surface area contributed by atoms with Crippen LogP contribution in [-0.2, 0) is 0 Å². The minimum atomic E-state index is 0.485. The fraction of sp³-hybridized carbons (Fsp3) is 0. The van der Waals surface area contributed by atoms with E-state index in [0.717, 1.165) is 100 Å². The van der Waals surface area contributed by atoms with E-state index in [2.05, 4.69) is 317 Å². The molecule has 24 aromatic rings. The highest BCUT2D eigenvalue weighted by Gasteiger charge is 2.24. The summed E-state index contributed by atoms with van der Waals surface area (Å²) in [6.45, 7) is 0. The summed E-state index contributed by atoms with van der Waals surface area (Å²) in [7, 11) is 0. The molecule has 0 saturated heterocycles. The van der Waals surface area contributed by atoms with Gasteiger partial charge in [-0.3, -0.25) is 29.1 Å². The molecule has 0 saturated carbocycles. The Bertz CT molecular complexity index is 7980. The second-order valence-corrected chi connectivity index (χ2v) is 29.3. The average molecular weight is 1480 g/mol.